The second-order valence-electron chi connectivity index (χ2n) is 13.2. The molecule has 3 N–H and O–H groups in total. The van der Waals surface area contributed by atoms with Crippen LogP contribution in [0.3, 0.4) is 0 Å². The summed E-state index contributed by atoms with van der Waals surface area (Å²) in [6, 6.07) is 39.2. The number of hydrogen-bond donors (Lipinski definition) is 3. The minimum Gasteiger partial charge on any atom is -0.465 e. The van der Waals surface area contributed by atoms with Crippen molar-refractivity contribution in [2.45, 2.75) is 42.2 Å². The standard InChI is InChI=1S/C45H39N3O6S2/c1-28(41(49)48-44-40(45(52)53-2)36-24-18-32(26-39(36)56-44)29-12-6-3-7-13-29)55-35-22-19-33(20-23-35)46-43(51)37(47-42(50)31-16-10-5-11-17-31)27-34-21-25-38(54-34)30-14-8-4-9-15-30/h3-17,19-23,25,27-28,32H,18,24,26H2,1-2H3,(H,46,51)(H,47,50)(H,48,49)/b37-27+. The van der Waals surface area contributed by atoms with E-state index in [0.717, 1.165) is 40.2 Å². The first kappa shape index (κ1) is 38.1. The second kappa shape index (κ2) is 17.5. The van der Waals surface area contributed by atoms with Crippen LogP contribution in [0.25, 0.3) is 17.4 Å². The molecule has 0 spiro atoms. The fraction of sp³-hybridized carbons (Fsp3) is 0.156. The molecule has 2 heterocycles. The van der Waals surface area contributed by atoms with Crippen LogP contribution in [0.5, 0.6) is 0 Å². The number of anilines is 2. The molecule has 2 aromatic heterocycles. The number of esters is 1. The number of ether oxygens (including phenoxy) is 1. The maximum Gasteiger partial charge on any atom is 0.341 e. The molecule has 1 aliphatic rings. The Morgan fingerprint density at radius 2 is 1.52 bits per heavy atom. The number of benzene rings is 4. The van der Waals surface area contributed by atoms with E-state index in [1.165, 1.54) is 41.8 Å². The Balaban J connectivity index is 1.02. The zero-order valence-electron chi connectivity index (χ0n) is 30.7. The van der Waals surface area contributed by atoms with Gasteiger partial charge in [0, 0.05) is 32.7 Å². The van der Waals surface area contributed by atoms with Gasteiger partial charge in [0.05, 0.1) is 17.9 Å². The Bertz CT molecular complexity index is 2370. The molecule has 0 saturated heterocycles. The molecule has 3 amide bonds. The van der Waals surface area contributed by atoms with Crippen LogP contribution < -0.4 is 16.0 Å². The highest BCUT2D eigenvalue weighted by molar-refractivity contribution is 8.00. The number of methoxy groups -OCH3 is 1. The predicted molar refractivity (Wildman–Crippen MR) is 222 cm³/mol. The van der Waals surface area contributed by atoms with Gasteiger partial charge in [-0.05, 0) is 91.8 Å². The molecule has 1 aliphatic carbocycles. The second-order valence-corrected chi connectivity index (χ2v) is 15.7. The van der Waals surface area contributed by atoms with E-state index in [0.29, 0.717) is 39.3 Å². The number of amides is 3. The van der Waals surface area contributed by atoms with Crippen LogP contribution >= 0.6 is 23.1 Å². The van der Waals surface area contributed by atoms with Gasteiger partial charge in [-0.25, -0.2) is 4.79 Å². The molecule has 0 bridgehead atoms. The maximum atomic E-state index is 13.6. The number of nitrogens with one attached hydrogen (secondary N) is 3. The summed E-state index contributed by atoms with van der Waals surface area (Å²) in [5.41, 5.74) is 4.43. The molecular formula is C45H39N3O6S2. The highest BCUT2D eigenvalue weighted by Gasteiger charge is 2.31. The number of rotatable bonds is 12. The first-order chi connectivity index (χ1) is 27.2. The Kier molecular flexibility index (Phi) is 11.9. The van der Waals surface area contributed by atoms with Gasteiger partial charge in [-0.1, -0.05) is 78.9 Å². The maximum absolute atomic E-state index is 13.6. The highest BCUT2D eigenvalue weighted by Crippen LogP contribution is 2.43. The number of carbonyl (C=O) groups excluding carboxylic acids is 4. The first-order valence-electron chi connectivity index (χ1n) is 18.2. The molecule has 4 aromatic carbocycles. The van der Waals surface area contributed by atoms with Gasteiger partial charge in [0.25, 0.3) is 11.8 Å². The van der Waals surface area contributed by atoms with Crippen molar-refractivity contribution in [3.63, 3.8) is 0 Å². The van der Waals surface area contributed by atoms with Gasteiger partial charge in [0.15, 0.2) is 0 Å². The molecule has 0 fully saturated rings. The van der Waals surface area contributed by atoms with Crippen molar-refractivity contribution in [1.82, 2.24) is 5.32 Å². The fourth-order valence-electron chi connectivity index (χ4n) is 6.56. The molecule has 0 aliphatic heterocycles. The zero-order chi connectivity index (χ0) is 39.0. The van der Waals surface area contributed by atoms with E-state index in [9.17, 15) is 19.2 Å². The van der Waals surface area contributed by atoms with E-state index >= 15 is 0 Å². The van der Waals surface area contributed by atoms with E-state index in [4.69, 9.17) is 9.15 Å². The summed E-state index contributed by atoms with van der Waals surface area (Å²) in [7, 11) is 1.36. The Hall–Kier alpha value is -6.17. The number of carbonyl (C=O) groups is 4. The summed E-state index contributed by atoms with van der Waals surface area (Å²) in [6.45, 7) is 1.80. The molecule has 2 atom stereocenters. The fourth-order valence-corrected chi connectivity index (χ4v) is 8.75. The molecule has 0 saturated carbocycles. The minimum atomic E-state index is -0.546. The predicted octanol–water partition coefficient (Wildman–Crippen LogP) is 9.60. The number of hydrogen-bond acceptors (Lipinski definition) is 8. The topological polar surface area (TPSA) is 127 Å². The monoisotopic (exact) mass is 781 g/mol. The molecular weight excluding hydrogens is 743 g/mol. The molecule has 2 unspecified atom stereocenters. The van der Waals surface area contributed by atoms with Gasteiger partial charge < -0.3 is 25.1 Å². The van der Waals surface area contributed by atoms with E-state index < -0.39 is 23.0 Å². The number of furan rings is 1. The molecule has 282 valence electrons. The van der Waals surface area contributed by atoms with Crippen LogP contribution in [0.15, 0.2) is 142 Å². The van der Waals surface area contributed by atoms with Gasteiger partial charge in [-0.2, -0.15) is 0 Å². The minimum absolute atomic E-state index is 0.00581. The van der Waals surface area contributed by atoms with E-state index in [-0.39, 0.29) is 11.6 Å². The van der Waals surface area contributed by atoms with Gasteiger partial charge in [-0.3, -0.25) is 14.4 Å². The van der Waals surface area contributed by atoms with E-state index in [2.05, 4.69) is 28.1 Å². The SMILES string of the molecule is COC(=O)c1c(NC(=O)C(C)Sc2ccc(NC(=O)/C(=C\c3ccc(-c4ccccc4)o3)NC(=O)c3ccccc3)cc2)sc2c1CCC(c1ccccc1)C2. The van der Waals surface area contributed by atoms with Crippen molar-refractivity contribution < 1.29 is 28.3 Å². The molecule has 11 heteroatoms. The van der Waals surface area contributed by atoms with Crippen molar-refractivity contribution in [3.8, 4) is 11.3 Å². The summed E-state index contributed by atoms with van der Waals surface area (Å²) in [6.07, 6.45) is 3.93. The Morgan fingerprint density at radius 3 is 2.21 bits per heavy atom. The highest BCUT2D eigenvalue weighted by atomic mass is 32.2. The lowest BCUT2D eigenvalue weighted by atomic mass is 9.83. The van der Waals surface area contributed by atoms with Crippen molar-refractivity contribution >= 4 is 63.6 Å². The summed E-state index contributed by atoms with van der Waals surface area (Å²) >= 11 is 2.80. The molecule has 56 heavy (non-hydrogen) atoms. The van der Waals surface area contributed by atoms with Crippen molar-refractivity contribution in [2.24, 2.45) is 0 Å². The van der Waals surface area contributed by atoms with Crippen LogP contribution in [0, 0.1) is 0 Å². The van der Waals surface area contributed by atoms with Gasteiger partial charge in [0.1, 0.15) is 22.2 Å². The molecule has 7 rings (SSSR count). The zero-order valence-corrected chi connectivity index (χ0v) is 32.4. The summed E-state index contributed by atoms with van der Waals surface area (Å²) < 4.78 is 11.1. The van der Waals surface area contributed by atoms with Crippen LogP contribution in [-0.4, -0.2) is 36.1 Å². The molecule has 6 aromatic rings. The van der Waals surface area contributed by atoms with Crippen LogP contribution in [0.2, 0.25) is 0 Å². The third-order valence-corrected chi connectivity index (χ3v) is 11.7. The number of thiophene rings is 1. The third-order valence-electron chi connectivity index (χ3n) is 9.46. The normalized spacial score (nSPS) is 14.2. The number of thioether (sulfide) groups is 1. The molecule has 0 radical (unpaired) electrons. The smallest absolute Gasteiger partial charge is 0.341 e. The lowest BCUT2D eigenvalue weighted by molar-refractivity contribution is -0.115. The third kappa shape index (κ3) is 9.02. The Morgan fingerprint density at radius 1 is 0.839 bits per heavy atom. The quantitative estimate of drug-likeness (QED) is 0.0641. The van der Waals surface area contributed by atoms with Gasteiger partial charge in [-0.15, -0.1) is 23.1 Å². The number of fused-ring (bicyclic) bond motifs is 1. The van der Waals surface area contributed by atoms with Crippen LogP contribution in [-0.2, 0) is 27.2 Å². The van der Waals surface area contributed by atoms with Gasteiger partial charge in [0.2, 0.25) is 5.91 Å². The van der Waals surface area contributed by atoms with Crippen molar-refractivity contribution in [3.05, 3.63) is 166 Å². The lowest BCUT2D eigenvalue weighted by Gasteiger charge is -2.22. The summed E-state index contributed by atoms with van der Waals surface area (Å²) in [5.74, 6) is -0.329. The first-order valence-corrected chi connectivity index (χ1v) is 19.9. The van der Waals surface area contributed by atoms with Crippen LogP contribution in [0.4, 0.5) is 10.7 Å². The van der Waals surface area contributed by atoms with Crippen LogP contribution in [0.1, 0.15) is 61.7 Å². The average Bonchev–Trinajstić information content (AvgIpc) is 3.86. The van der Waals surface area contributed by atoms with E-state index in [1.807, 2.05) is 60.7 Å². The Labute approximate surface area is 333 Å². The van der Waals surface area contributed by atoms with Crippen molar-refractivity contribution in [1.29, 1.82) is 0 Å². The summed E-state index contributed by atoms with van der Waals surface area (Å²) in [4.78, 5) is 55.1. The largest absolute Gasteiger partial charge is 0.465 e. The van der Waals surface area contributed by atoms with Crippen molar-refractivity contribution in [2.75, 3.05) is 17.7 Å². The average molecular weight is 782 g/mol. The van der Waals surface area contributed by atoms with E-state index in [1.54, 1.807) is 61.5 Å². The van der Waals surface area contributed by atoms with Gasteiger partial charge >= 0.3 is 5.97 Å². The summed E-state index contributed by atoms with van der Waals surface area (Å²) in [5, 5.41) is 8.62. The lowest BCUT2D eigenvalue weighted by Crippen LogP contribution is -2.30. The molecule has 9 nitrogen and oxygen atoms in total.